The van der Waals surface area contributed by atoms with Crippen LogP contribution < -0.4 is 4.74 Å². The third-order valence-corrected chi connectivity index (χ3v) is 2.36. The van der Waals surface area contributed by atoms with Crippen molar-refractivity contribution in [2.45, 2.75) is 13.0 Å². The largest absolute Gasteiger partial charge is 0.480 e. The van der Waals surface area contributed by atoms with Crippen LogP contribution in [0.5, 0.6) is 5.88 Å². The maximum Gasteiger partial charge on any atom is 0.238 e. The Morgan fingerprint density at radius 2 is 1.94 bits per heavy atom. The van der Waals surface area contributed by atoms with Gasteiger partial charge in [-0.2, -0.15) is 0 Å². The second kappa shape index (κ2) is 4.88. The van der Waals surface area contributed by atoms with Gasteiger partial charge in [0.1, 0.15) is 11.8 Å². The third-order valence-electron chi connectivity index (χ3n) is 2.36. The van der Waals surface area contributed by atoms with Crippen LogP contribution in [0.3, 0.4) is 0 Å². The zero-order valence-electron chi connectivity index (χ0n) is 9.66. The van der Waals surface area contributed by atoms with E-state index in [4.69, 9.17) is 4.74 Å². The highest BCUT2D eigenvalue weighted by atomic mass is 16.5. The molecule has 1 unspecified atom stereocenters. The first-order valence-electron chi connectivity index (χ1n) is 5.18. The monoisotopic (exact) mass is 231 g/mol. The van der Waals surface area contributed by atoms with E-state index in [1.807, 2.05) is 13.0 Å². The maximum atomic E-state index is 10.2. The van der Waals surface area contributed by atoms with Gasteiger partial charge in [0, 0.05) is 18.6 Å². The fourth-order valence-electron chi connectivity index (χ4n) is 1.53. The van der Waals surface area contributed by atoms with E-state index < -0.39 is 6.10 Å². The van der Waals surface area contributed by atoms with Gasteiger partial charge in [0.25, 0.3) is 0 Å². The topological polar surface area (TPSA) is 68.1 Å². The molecule has 0 aromatic carbocycles. The molecular formula is C12H13N3O2. The summed E-state index contributed by atoms with van der Waals surface area (Å²) in [7, 11) is 1.49. The Labute approximate surface area is 99.2 Å². The van der Waals surface area contributed by atoms with Gasteiger partial charge in [0.2, 0.25) is 5.88 Å². The molecule has 0 saturated heterocycles. The molecule has 0 radical (unpaired) electrons. The van der Waals surface area contributed by atoms with Gasteiger partial charge in [-0.3, -0.25) is 9.97 Å². The van der Waals surface area contributed by atoms with E-state index >= 15 is 0 Å². The highest BCUT2D eigenvalue weighted by Crippen LogP contribution is 2.24. The third kappa shape index (κ3) is 2.39. The number of hydrogen-bond acceptors (Lipinski definition) is 5. The Morgan fingerprint density at radius 3 is 2.65 bits per heavy atom. The molecule has 0 bridgehead atoms. The van der Waals surface area contributed by atoms with Gasteiger partial charge in [-0.15, -0.1) is 0 Å². The van der Waals surface area contributed by atoms with E-state index in [-0.39, 0.29) is 0 Å². The number of aliphatic hydroxyl groups excluding tert-OH is 1. The van der Waals surface area contributed by atoms with E-state index in [1.165, 1.54) is 19.5 Å². The summed E-state index contributed by atoms with van der Waals surface area (Å²) < 4.78 is 5.06. The minimum atomic E-state index is -0.932. The predicted molar refractivity (Wildman–Crippen MR) is 61.6 cm³/mol. The molecule has 1 atom stereocenters. The molecule has 0 aliphatic rings. The summed E-state index contributed by atoms with van der Waals surface area (Å²) in [6.45, 7) is 1.94. The van der Waals surface area contributed by atoms with Crippen LogP contribution in [0, 0.1) is 6.92 Å². The van der Waals surface area contributed by atoms with Gasteiger partial charge in [-0.25, -0.2) is 4.98 Å². The SMILES string of the molecule is COc1nccnc1C(O)c1cc(C)ccn1. The molecular weight excluding hydrogens is 218 g/mol. The summed E-state index contributed by atoms with van der Waals surface area (Å²) in [6.07, 6.45) is 3.74. The van der Waals surface area contributed by atoms with Gasteiger partial charge in [0.05, 0.1) is 12.8 Å². The molecule has 5 heteroatoms. The molecule has 0 spiro atoms. The van der Waals surface area contributed by atoms with E-state index in [1.54, 1.807) is 12.3 Å². The zero-order valence-corrected chi connectivity index (χ0v) is 9.66. The zero-order chi connectivity index (χ0) is 12.3. The van der Waals surface area contributed by atoms with E-state index in [0.717, 1.165) is 5.56 Å². The molecule has 0 aliphatic heterocycles. The minimum absolute atomic E-state index is 0.309. The number of methoxy groups -OCH3 is 1. The molecule has 17 heavy (non-hydrogen) atoms. The summed E-state index contributed by atoms with van der Waals surface area (Å²) in [6, 6.07) is 3.67. The molecule has 2 heterocycles. The molecule has 0 aliphatic carbocycles. The highest BCUT2D eigenvalue weighted by molar-refractivity contribution is 5.28. The minimum Gasteiger partial charge on any atom is -0.480 e. The van der Waals surface area contributed by atoms with Crippen molar-refractivity contribution >= 4 is 0 Å². The quantitative estimate of drug-likeness (QED) is 0.861. The van der Waals surface area contributed by atoms with Crippen molar-refractivity contribution in [2.75, 3.05) is 7.11 Å². The average Bonchev–Trinajstić information content (AvgIpc) is 2.38. The Kier molecular flexibility index (Phi) is 3.30. The molecule has 0 amide bonds. The van der Waals surface area contributed by atoms with Crippen molar-refractivity contribution in [3.05, 3.63) is 47.7 Å². The van der Waals surface area contributed by atoms with E-state index in [0.29, 0.717) is 17.3 Å². The van der Waals surface area contributed by atoms with Gasteiger partial charge < -0.3 is 9.84 Å². The lowest BCUT2D eigenvalue weighted by atomic mass is 10.1. The van der Waals surface area contributed by atoms with E-state index in [9.17, 15) is 5.11 Å². The van der Waals surface area contributed by atoms with Crippen LogP contribution in [0.15, 0.2) is 30.7 Å². The number of pyridine rings is 1. The summed E-state index contributed by atoms with van der Waals surface area (Å²) in [5.74, 6) is 0.309. The normalized spacial score (nSPS) is 12.2. The first kappa shape index (κ1) is 11.5. The lowest BCUT2D eigenvalue weighted by Gasteiger charge is -2.12. The molecule has 1 N–H and O–H groups in total. The second-order valence-corrected chi connectivity index (χ2v) is 3.61. The number of aromatic nitrogens is 3. The predicted octanol–water partition coefficient (Wildman–Crippen LogP) is 1.27. The van der Waals surface area contributed by atoms with Crippen LogP contribution in [0.2, 0.25) is 0 Å². The van der Waals surface area contributed by atoms with Crippen LogP contribution in [-0.4, -0.2) is 27.2 Å². The highest BCUT2D eigenvalue weighted by Gasteiger charge is 2.18. The summed E-state index contributed by atoms with van der Waals surface area (Å²) >= 11 is 0. The average molecular weight is 231 g/mol. The van der Waals surface area contributed by atoms with Gasteiger partial charge in [-0.05, 0) is 24.6 Å². The Balaban J connectivity index is 2.40. The smallest absolute Gasteiger partial charge is 0.238 e. The van der Waals surface area contributed by atoms with Crippen LogP contribution in [0.1, 0.15) is 23.1 Å². The van der Waals surface area contributed by atoms with Crippen molar-refractivity contribution < 1.29 is 9.84 Å². The molecule has 2 aromatic heterocycles. The van der Waals surface area contributed by atoms with Crippen molar-refractivity contribution in [2.24, 2.45) is 0 Å². The Hall–Kier alpha value is -2.01. The molecule has 88 valence electrons. The van der Waals surface area contributed by atoms with Crippen LogP contribution in [-0.2, 0) is 0 Å². The second-order valence-electron chi connectivity index (χ2n) is 3.61. The first-order valence-corrected chi connectivity index (χ1v) is 5.18. The van der Waals surface area contributed by atoms with Crippen molar-refractivity contribution in [3.8, 4) is 5.88 Å². The number of aryl methyl sites for hydroxylation is 1. The number of hydrogen-bond donors (Lipinski definition) is 1. The molecule has 5 nitrogen and oxygen atoms in total. The molecule has 0 saturated carbocycles. The van der Waals surface area contributed by atoms with E-state index in [2.05, 4.69) is 15.0 Å². The first-order chi connectivity index (χ1) is 8.22. The summed E-state index contributed by atoms with van der Waals surface area (Å²) in [4.78, 5) is 12.2. The Morgan fingerprint density at radius 1 is 1.18 bits per heavy atom. The Bertz CT molecular complexity index is 517. The van der Waals surface area contributed by atoms with Crippen molar-refractivity contribution in [1.82, 2.24) is 15.0 Å². The number of rotatable bonds is 3. The summed E-state index contributed by atoms with van der Waals surface area (Å²) in [5.41, 5.74) is 1.92. The van der Waals surface area contributed by atoms with Gasteiger partial charge >= 0.3 is 0 Å². The van der Waals surface area contributed by atoms with Crippen LogP contribution in [0.25, 0.3) is 0 Å². The number of nitrogens with zero attached hydrogens (tertiary/aromatic N) is 3. The molecule has 0 fully saturated rings. The molecule has 2 rings (SSSR count). The van der Waals surface area contributed by atoms with Gasteiger partial charge in [-0.1, -0.05) is 0 Å². The van der Waals surface area contributed by atoms with Crippen LogP contribution in [0.4, 0.5) is 0 Å². The maximum absolute atomic E-state index is 10.2. The van der Waals surface area contributed by atoms with Crippen molar-refractivity contribution in [3.63, 3.8) is 0 Å². The standard InChI is InChI=1S/C12H13N3O2/c1-8-3-4-13-9(7-8)11(16)10-12(17-2)15-6-5-14-10/h3-7,11,16H,1-2H3. The van der Waals surface area contributed by atoms with Crippen molar-refractivity contribution in [1.29, 1.82) is 0 Å². The number of aliphatic hydroxyl groups is 1. The number of ether oxygens (including phenoxy) is 1. The lowest BCUT2D eigenvalue weighted by Crippen LogP contribution is -2.07. The fourth-order valence-corrected chi connectivity index (χ4v) is 1.53. The van der Waals surface area contributed by atoms with Crippen LogP contribution >= 0.6 is 0 Å². The fraction of sp³-hybridized carbons (Fsp3) is 0.250. The molecule has 2 aromatic rings. The lowest BCUT2D eigenvalue weighted by molar-refractivity contribution is 0.203. The summed E-state index contributed by atoms with van der Waals surface area (Å²) in [5, 5.41) is 10.2. The van der Waals surface area contributed by atoms with Gasteiger partial charge in [0.15, 0.2) is 0 Å².